The number of nitrogens with one attached hydrogen (secondary N) is 1. The zero-order valence-corrected chi connectivity index (χ0v) is 13.0. The third kappa shape index (κ3) is 3.73. The van der Waals surface area contributed by atoms with Gasteiger partial charge in [0.15, 0.2) is 0 Å². The van der Waals surface area contributed by atoms with Crippen molar-refractivity contribution in [3.8, 4) is 0 Å². The topological polar surface area (TPSA) is 64.3 Å². The van der Waals surface area contributed by atoms with E-state index in [0.717, 1.165) is 44.6 Å². The number of amides is 1. The van der Waals surface area contributed by atoms with Gasteiger partial charge in [-0.15, -0.1) is 0 Å². The molecule has 0 radical (unpaired) electrons. The second-order valence-electron chi connectivity index (χ2n) is 6.73. The molecule has 1 unspecified atom stereocenters. The van der Waals surface area contributed by atoms with E-state index in [2.05, 4.69) is 19.2 Å². The largest absolute Gasteiger partial charge is 0.376 e. The van der Waals surface area contributed by atoms with Crippen LogP contribution in [0.25, 0.3) is 0 Å². The van der Waals surface area contributed by atoms with E-state index in [1.807, 2.05) is 0 Å². The second-order valence-corrected chi connectivity index (χ2v) is 6.73. The van der Waals surface area contributed by atoms with Gasteiger partial charge in [0.1, 0.15) is 5.54 Å². The molecule has 0 aromatic heterocycles. The maximum absolute atomic E-state index is 12.0. The average molecular weight is 282 g/mol. The van der Waals surface area contributed by atoms with Crippen molar-refractivity contribution in [2.75, 3.05) is 13.2 Å². The van der Waals surface area contributed by atoms with Crippen LogP contribution in [0.15, 0.2) is 0 Å². The summed E-state index contributed by atoms with van der Waals surface area (Å²) in [7, 11) is 0. The number of primary amides is 1. The number of carbonyl (C=O) groups is 1. The maximum atomic E-state index is 12.0. The monoisotopic (exact) mass is 282 g/mol. The second kappa shape index (κ2) is 6.90. The Bertz CT molecular complexity index is 322. The Kier molecular flexibility index (Phi) is 5.44. The molecule has 0 aliphatic heterocycles. The highest BCUT2D eigenvalue weighted by Gasteiger charge is 2.50. The van der Waals surface area contributed by atoms with Gasteiger partial charge in [0.25, 0.3) is 0 Å². The van der Waals surface area contributed by atoms with Crippen LogP contribution in [0.4, 0.5) is 0 Å². The molecule has 4 nitrogen and oxygen atoms in total. The van der Waals surface area contributed by atoms with E-state index in [1.54, 1.807) is 0 Å². The molecule has 1 atom stereocenters. The number of hydrogen-bond acceptors (Lipinski definition) is 3. The van der Waals surface area contributed by atoms with Crippen LogP contribution in [0.3, 0.4) is 0 Å². The lowest BCUT2D eigenvalue weighted by Crippen LogP contribution is -2.61. The van der Waals surface area contributed by atoms with Crippen molar-refractivity contribution in [1.29, 1.82) is 0 Å². The number of hydrogen-bond donors (Lipinski definition) is 2. The smallest absolute Gasteiger partial charge is 0.240 e. The minimum Gasteiger partial charge on any atom is -0.376 e. The van der Waals surface area contributed by atoms with Crippen molar-refractivity contribution in [2.24, 2.45) is 17.6 Å². The fourth-order valence-corrected chi connectivity index (χ4v) is 3.24. The molecule has 0 aromatic carbocycles. The summed E-state index contributed by atoms with van der Waals surface area (Å²) in [4.78, 5) is 12.0. The van der Waals surface area contributed by atoms with Crippen LogP contribution in [-0.4, -0.2) is 30.7 Å². The molecular formula is C16H30N2O2. The summed E-state index contributed by atoms with van der Waals surface area (Å²) in [6.07, 6.45) is 8.20. The zero-order chi connectivity index (χ0) is 14.6. The van der Waals surface area contributed by atoms with Crippen LogP contribution in [0.1, 0.15) is 58.8 Å². The molecule has 0 spiro atoms. The number of ether oxygens (including phenoxy) is 1. The van der Waals surface area contributed by atoms with Gasteiger partial charge in [-0.05, 0) is 63.3 Å². The van der Waals surface area contributed by atoms with E-state index >= 15 is 0 Å². The van der Waals surface area contributed by atoms with Gasteiger partial charge >= 0.3 is 0 Å². The first-order chi connectivity index (χ1) is 9.58. The molecular weight excluding hydrogens is 252 g/mol. The normalized spacial score (nSPS) is 29.9. The number of rotatable bonds is 8. The van der Waals surface area contributed by atoms with Gasteiger partial charge in [0.2, 0.25) is 5.91 Å². The Morgan fingerprint density at radius 2 is 1.90 bits per heavy atom. The van der Waals surface area contributed by atoms with Crippen molar-refractivity contribution in [3.63, 3.8) is 0 Å². The molecule has 2 saturated carbocycles. The highest BCUT2D eigenvalue weighted by atomic mass is 16.5. The Labute approximate surface area is 122 Å². The van der Waals surface area contributed by atoms with Gasteiger partial charge in [-0.2, -0.15) is 0 Å². The van der Waals surface area contributed by atoms with E-state index in [1.165, 1.54) is 12.8 Å². The number of nitrogens with two attached hydrogens (primary N) is 1. The van der Waals surface area contributed by atoms with Crippen LogP contribution < -0.4 is 11.1 Å². The molecule has 2 aliphatic rings. The predicted molar refractivity (Wildman–Crippen MR) is 80.3 cm³/mol. The van der Waals surface area contributed by atoms with Crippen LogP contribution in [0.2, 0.25) is 0 Å². The highest BCUT2D eigenvalue weighted by Crippen LogP contribution is 2.40. The lowest BCUT2D eigenvalue weighted by atomic mass is 9.88. The SMILES string of the molecule is CCCNC(COC1CCC(C)CC1)(C(N)=O)C1CC1. The van der Waals surface area contributed by atoms with Crippen molar-refractivity contribution >= 4 is 5.91 Å². The van der Waals surface area contributed by atoms with Gasteiger partial charge in [0.05, 0.1) is 12.7 Å². The Balaban J connectivity index is 1.91. The molecule has 4 heteroatoms. The minimum atomic E-state index is -0.626. The van der Waals surface area contributed by atoms with Crippen molar-refractivity contribution < 1.29 is 9.53 Å². The van der Waals surface area contributed by atoms with Crippen LogP contribution in [0.5, 0.6) is 0 Å². The van der Waals surface area contributed by atoms with Gasteiger partial charge in [-0.3, -0.25) is 4.79 Å². The summed E-state index contributed by atoms with van der Waals surface area (Å²) in [5.74, 6) is 0.948. The summed E-state index contributed by atoms with van der Waals surface area (Å²) < 4.78 is 6.09. The quantitative estimate of drug-likeness (QED) is 0.717. The minimum absolute atomic E-state index is 0.238. The summed E-state index contributed by atoms with van der Waals surface area (Å²) in [5.41, 5.74) is 5.08. The first-order valence-electron chi connectivity index (χ1n) is 8.25. The number of carbonyl (C=O) groups excluding carboxylic acids is 1. The molecule has 116 valence electrons. The molecule has 2 aliphatic carbocycles. The van der Waals surface area contributed by atoms with E-state index in [4.69, 9.17) is 10.5 Å². The van der Waals surface area contributed by atoms with Gasteiger partial charge < -0.3 is 15.8 Å². The lowest BCUT2D eigenvalue weighted by Gasteiger charge is -2.35. The first-order valence-corrected chi connectivity index (χ1v) is 8.25. The summed E-state index contributed by atoms with van der Waals surface area (Å²) in [6, 6.07) is 0. The fourth-order valence-electron chi connectivity index (χ4n) is 3.24. The van der Waals surface area contributed by atoms with Crippen molar-refractivity contribution in [1.82, 2.24) is 5.32 Å². The van der Waals surface area contributed by atoms with Gasteiger partial charge in [0, 0.05) is 0 Å². The molecule has 2 rings (SSSR count). The fraction of sp³-hybridized carbons (Fsp3) is 0.938. The van der Waals surface area contributed by atoms with Gasteiger partial charge in [-0.1, -0.05) is 13.8 Å². The third-order valence-corrected chi connectivity index (χ3v) is 4.91. The molecule has 1 amide bonds. The molecule has 0 bridgehead atoms. The van der Waals surface area contributed by atoms with Crippen molar-refractivity contribution in [3.05, 3.63) is 0 Å². The Morgan fingerprint density at radius 3 is 2.40 bits per heavy atom. The summed E-state index contributed by atoms with van der Waals surface area (Å²) >= 11 is 0. The molecule has 0 heterocycles. The molecule has 3 N–H and O–H groups in total. The van der Waals surface area contributed by atoms with E-state index in [9.17, 15) is 4.79 Å². The van der Waals surface area contributed by atoms with Crippen LogP contribution in [-0.2, 0) is 9.53 Å². The van der Waals surface area contributed by atoms with Crippen LogP contribution in [0, 0.1) is 11.8 Å². The first kappa shape index (κ1) is 15.8. The third-order valence-electron chi connectivity index (χ3n) is 4.91. The summed E-state index contributed by atoms with van der Waals surface area (Å²) in [6.45, 7) is 5.68. The zero-order valence-electron chi connectivity index (χ0n) is 13.0. The summed E-state index contributed by atoms with van der Waals surface area (Å²) in [5, 5.41) is 3.39. The Morgan fingerprint density at radius 1 is 1.25 bits per heavy atom. The van der Waals surface area contributed by atoms with E-state index in [-0.39, 0.29) is 5.91 Å². The standard InChI is InChI=1S/C16H30N2O2/c1-3-10-18-16(15(17)19,13-6-7-13)11-20-14-8-4-12(2)5-9-14/h12-14,18H,3-11H2,1-2H3,(H2,17,19). The molecule has 2 fully saturated rings. The van der Waals surface area contributed by atoms with E-state index in [0.29, 0.717) is 18.6 Å². The molecule has 0 saturated heterocycles. The predicted octanol–water partition coefficient (Wildman–Crippen LogP) is 2.22. The van der Waals surface area contributed by atoms with E-state index < -0.39 is 5.54 Å². The highest BCUT2D eigenvalue weighted by molar-refractivity contribution is 5.85. The molecule has 0 aromatic rings. The lowest BCUT2D eigenvalue weighted by molar-refractivity contribution is -0.130. The Hall–Kier alpha value is -0.610. The maximum Gasteiger partial charge on any atom is 0.240 e. The van der Waals surface area contributed by atoms with Gasteiger partial charge in [-0.25, -0.2) is 0 Å². The molecule has 20 heavy (non-hydrogen) atoms. The van der Waals surface area contributed by atoms with Crippen molar-refractivity contribution in [2.45, 2.75) is 70.4 Å². The van der Waals surface area contributed by atoms with Crippen LogP contribution >= 0.6 is 0 Å². The average Bonchev–Trinajstić information content (AvgIpc) is 3.26.